The Morgan fingerprint density at radius 2 is 2.29 bits per heavy atom. The van der Waals surface area contributed by atoms with Crippen molar-refractivity contribution >= 4 is 23.4 Å². The summed E-state index contributed by atoms with van der Waals surface area (Å²) in [6.07, 6.45) is 0.397. The van der Waals surface area contributed by atoms with E-state index in [2.05, 4.69) is 15.7 Å². The van der Waals surface area contributed by atoms with Crippen molar-refractivity contribution in [3.63, 3.8) is 0 Å². The first-order valence-corrected chi connectivity index (χ1v) is 9.12. The first-order chi connectivity index (χ1) is 11.5. The molecule has 0 aliphatic carbocycles. The zero-order valence-corrected chi connectivity index (χ0v) is 14.6. The van der Waals surface area contributed by atoms with Crippen LogP contribution in [0, 0.1) is 19.7 Å². The van der Waals surface area contributed by atoms with Crippen LogP contribution < -0.4 is 10.6 Å². The van der Waals surface area contributed by atoms with E-state index in [9.17, 15) is 9.18 Å². The molecule has 0 radical (unpaired) electrons. The molecular weight excluding hydrogens is 327 g/mol. The number of aromatic nitrogens is 2. The second-order valence-corrected chi connectivity index (χ2v) is 7.13. The molecule has 24 heavy (non-hydrogen) atoms. The summed E-state index contributed by atoms with van der Waals surface area (Å²) in [5.41, 5.74) is 2.54. The highest BCUT2D eigenvalue weighted by molar-refractivity contribution is 7.99. The molecule has 0 bridgehead atoms. The molecule has 2 aromatic rings. The van der Waals surface area contributed by atoms with Gasteiger partial charge in [-0.25, -0.2) is 9.07 Å². The molecule has 7 heteroatoms. The number of aryl methyl sites for hydroxylation is 2. The quantitative estimate of drug-likeness (QED) is 0.892. The summed E-state index contributed by atoms with van der Waals surface area (Å²) in [6, 6.07) is 6.76. The largest absolute Gasteiger partial charge is 0.326 e. The van der Waals surface area contributed by atoms with E-state index < -0.39 is 5.82 Å². The van der Waals surface area contributed by atoms with Crippen LogP contribution in [0.1, 0.15) is 17.8 Å². The molecular formula is C17H21FN4OS. The SMILES string of the molecule is Cc1cc(C)n(-c2ccc(NC(=O)CC3CSCCN3)cc2F)n1. The van der Waals surface area contributed by atoms with E-state index in [-0.39, 0.29) is 11.9 Å². The Morgan fingerprint density at radius 1 is 1.46 bits per heavy atom. The molecule has 1 aromatic carbocycles. The van der Waals surface area contributed by atoms with E-state index >= 15 is 0 Å². The van der Waals surface area contributed by atoms with E-state index in [1.807, 2.05) is 31.7 Å². The van der Waals surface area contributed by atoms with Crippen LogP contribution in [0.4, 0.5) is 10.1 Å². The van der Waals surface area contributed by atoms with Gasteiger partial charge >= 0.3 is 0 Å². The van der Waals surface area contributed by atoms with Crippen molar-refractivity contribution in [3.8, 4) is 5.69 Å². The highest BCUT2D eigenvalue weighted by Crippen LogP contribution is 2.20. The van der Waals surface area contributed by atoms with Crippen molar-refractivity contribution in [2.24, 2.45) is 0 Å². The molecule has 0 saturated carbocycles. The van der Waals surface area contributed by atoms with Gasteiger partial charge in [-0.15, -0.1) is 0 Å². The van der Waals surface area contributed by atoms with Crippen molar-refractivity contribution in [1.29, 1.82) is 0 Å². The van der Waals surface area contributed by atoms with Gasteiger partial charge in [0.2, 0.25) is 5.91 Å². The lowest BCUT2D eigenvalue weighted by Gasteiger charge is -2.22. The number of nitrogens with zero attached hydrogens (tertiary/aromatic N) is 2. The number of amides is 1. The number of carbonyl (C=O) groups is 1. The minimum Gasteiger partial charge on any atom is -0.326 e. The predicted octanol–water partition coefficient (Wildman–Crippen LogP) is 2.66. The lowest BCUT2D eigenvalue weighted by Crippen LogP contribution is -2.39. The third-order valence-corrected chi connectivity index (χ3v) is 5.03. The number of halogens is 1. The Bertz CT molecular complexity index is 740. The smallest absolute Gasteiger partial charge is 0.225 e. The fraction of sp³-hybridized carbons (Fsp3) is 0.412. The van der Waals surface area contributed by atoms with Gasteiger partial charge in [0.25, 0.3) is 0 Å². The summed E-state index contributed by atoms with van der Waals surface area (Å²) in [5.74, 6) is 1.49. The van der Waals surface area contributed by atoms with Gasteiger partial charge in [-0.1, -0.05) is 0 Å². The maximum Gasteiger partial charge on any atom is 0.225 e. The molecule has 2 heterocycles. The molecule has 1 aliphatic rings. The molecule has 1 saturated heterocycles. The van der Waals surface area contributed by atoms with Crippen LogP contribution in [-0.4, -0.2) is 39.8 Å². The second kappa shape index (κ2) is 7.36. The number of rotatable bonds is 4. The second-order valence-electron chi connectivity index (χ2n) is 5.98. The van der Waals surface area contributed by atoms with Crippen LogP contribution in [0.3, 0.4) is 0 Å². The van der Waals surface area contributed by atoms with Gasteiger partial charge in [0, 0.05) is 41.9 Å². The minimum absolute atomic E-state index is 0.103. The molecule has 2 N–H and O–H groups in total. The fourth-order valence-corrected chi connectivity index (χ4v) is 3.76. The predicted molar refractivity (Wildman–Crippen MR) is 95.4 cm³/mol. The number of hydrogen-bond acceptors (Lipinski definition) is 4. The van der Waals surface area contributed by atoms with Gasteiger partial charge in [-0.2, -0.15) is 16.9 Å². The van der Waals surface area contributed by atoms with E-state index in [1.54, 1.807) is 16.8 Å². The summed E-state index contributed by atoms with van der Waals surface area (Å²) in [7, 11) is 0. The van der Waals surface area contributed by atoms with Crippen LogP contribution in [0.15, 0.2) is 24.3 Å². The molecule has 3 rings (SSSR count). The van der Waals surface area contributed by atoms with Crippen molar-refractivity contribution in [1.82, 2.24) is 15.1 Å². The monoisotopic (exact) mass is 348 g/mol. The molecule has 128 valence electrons. The van der Waals surface area contributed by atoms with Gasteiger partial charge < -0.3 is 10.6 Å². The lowest BCUT2D eigenvalue weighted by molar-refractivity contribution is -0.116. The number of hydrogen-bond donors (Lipinski definition) is 2. The summed E-state index contributed by atoms with van der Waals surface area (Å²) in [6.45, 7) is 4.67. The molecule has 1 aromatic heterocycles. The first kappa shape index (κ1) is 17.0. The number of nitrogens with one attached hydrogen (secondary N) is 2. The van der Waals surface area contributed by atoms with Crippen LogP contribution in [0.5, 0.6) is 0 Å². The van der Waals surface area contributed by atoms with E-state index in [0.717, 1.165) is 29.4 Å². The number of carbonyl (C=O) groups excluding carboxylic acids is 1. The average Bonchev–Trinajstić information content (AvgIpc) is 2.86. The van der Waals surface area contributed by atoms with Gasteiger partial charge in [-0.3, -0.25) is 4.79 Å². The van der Waals surface area contributed by atoms with Crippen LogP contribution in [0.25, 0.3) is 5.69 Å². The van der Waals surface area contributed by atoms with Gasteiger partial charge in [0.1, 0.15) is 5.69 Å². The standard InChI is InChI=1S/C17H21FN4OS/c1-11-7-12(2)22(21-11)16-4-3-13(8-15(16)18)20-17(23)9-14-10-24-6-5-19-14/h3-4,7-8,14,19H,5-6,9-10H2,1-2H3,(H,20,23). The fourth-order valence-electron chi connectivity index (χ4n) is 2.82. The van der Waals surface area contributed by atoms with E-state index in [0.29, 0.717) is 17.8 Å². The Hall–Kier alpha value is -1.86. The maximum atomic E-state index is 14.4. The lowest BCUT2D eigenvalue weighted by atomic mass is 10.2. The third-order valence-electron chi connectivity index (χ3n) is 3.90. The number of anilines is 1. The summed E-state index contributed by atoms with van der Waals surface area (Å²) in [4.78, 5) is 12.1. The number of thioether (sulfide) groups is 1. The maximum absolute atomic E-state index is 14.4. The normalized spacial score (nSPS) is 17.7. The molecule has 1 atom stereocenters. The van der Waals surface area contributed by atoms with Gasteiger partial charge in [-0.05, 0) is 38.1 Å². The molecule has 5 nitrogen and oxygen atoms in total. The highest BCUT2D eigenvalue weighted by Gasteiger charge is 2.17. The Balaban J connectivity index is 1.68. The Labute approximate surface area is 145 Å². The molecule has 1 amide bonds. The van der Waals surface area contributed by atoms with Crippen molar-refractivity contribution < 1.29 is 9.18 Å². The Morgan fingerprint density at radius 3 is 2.92 bits per heavy atom. The zero-order chi connectivity index (χ0) is 17.1. The van der Waals surface area contributed by atoms with Crippen LogP contribution >= 0.6 is 11.8 Å². The van der Waals surface area contributed by atoms with Crippen molar-refractivity contribution in [2.45, 2.75) is 26.3 Å². The Kier molecular flexibility index (Phi) is 5.20. The summed E-state index contributed by atoms with van der Waals surface area (Å²) < 4.78 is 16.0. The summed E-state index contributed by atoms with van der Waals surface area (Å²) >= 11 is 1.84. The number of benzene rings is 1. The summed E-state index contributed by atoms with van der Waals surface area (Å²) in [5, 5.41) is 10.4. The van der Waals surface area contributed by atoms with E-state index in [4.69, 9.17) is 0 Å². The van der Waals surface area contributed by atoms with Gasteiger partial charge in [0.05, 0.1) is 5.69 Å². The minimum atomic E-state index is -0.412. The van der Waals surface area contributed by atoms with Crippen molar-refractivity contribution in [3.05, 3.63) is 41.5 Å². The molecule has 1 aliphatic heterocycles. The van der Waals surface area contributed by atoms with E-state index in [1.165, 1.54) is 6.07 Å². The first-order valence-electron chi connectivity index (χ1n) is 7.97. The third kappa shape index (κ3) is 3.96. The van der Waals surface area contributed by atoms with Crippen molar-refractivity contribution in [2.75, 3.05) is 23.4 Å². The molecule has 1 fully saturated rings. The topological polar surface area (TPSA) is 59.0 Å². The van der Waals surface area contributed by atoms with Gasteiger partial charge in [0.15, 0.2) is 5.82 Å². The van der Waals surface area contributed by atoms with Crippen LogP contribution in [0.2, 0.25) is 0 Å². The average molecular weight is 348 g/mol. The molecule has 1 unspecified atom stereocenters. The zero-order valence-electron chi connectivity index (χ0n) is 13.8. The van der Waals surface area contributed by atoms with Crippen LogP contribution in [-0.2, 0) is 4.79 Å². The molecule has 0 spiro atoms. The highest BCUT2D eigenvalue weighted by atomic mass is 32.2.